The van der Waals surface area contributed by atoms with E-state index in [0.717, 1.165) is 29.5 Å². The molecular formula is C20H28F3NO2. The lowest BCUT2D eigenvalue weighted by atomic mass is 9.76. The summed E-state index contributed by atoms with van der Waals surface area (Å²) in [6, 6.07) is 3.12. The van der Waals surface area contributed by atoms with E-state index >= 15 is 0 Å². The Balaban J connectivity index is 1.94. The van der Waals surface area contributed by atoms with Gasteiger partial charge >= 0.3 is 6.18 Å². The van der Waals surface area contributed by atoms with Crippen molar-refractivity contribution in [3.8, 4) is 5.75 Å². The quantitative estimate of drug-likeness (QED) is 0.774. The zero-order valence-corrected chi connectivity index (χ0v) is 15.8. The van der Waals surface area contributed by atoms with Crippen LogP contribution in [0, 0.1) is 19.3 Å². The number of halogens is 3. The Hall–Kier alpha value is -1.72. The van der Waals surface area contributed by atoms with E-state index in [2.05, 4.69) is 12.2 Å². The van der Waals surface area contributed by atoms with E-state index in [0.29, 0.717) is 6.54 Å². The summed E-state index contributed by atoms with van der Waals surface area (Å²) >= 11 is 0. The molecule has 0 bridgehead atoms. The van der Waals surface area contributed by atoms with Gasteiger partial charge in [0, 0.05) is 6.54 Å². The third kappa shape index (κ3) is 6.22. The Morgan fingerprint density at radius 3 is 2.27 bits per heavy atom. The van der Waals surface area contributed by atoms with Crippen LogP contribution in [0.5, 0.6) is 5.75 Å². The molecule has 0 heterocycles. The smallest absolute Gasteiger partial charge is 0.422 e. The van der Waals surface area contributed by atoms with Crippen molar-refractivity contribution in [3.05, 3.63) is 28.8 Å². The molecule has 0 radical (unpaired) electrons. The second-order valence-electron chi connectivity index (χ2n) is 7.76. The number of benzene rings is 1. The highest BCUT2D eigenvalue weighted by molar-refractivity contribution is 5.79. The van der Waals surface area contributed by atoms with Crippen LogP contribution in [0.4, 0.5) is 13.2 Å². The summed E-state index contributed by atoms with van der Waals surface area (Å²) in [5.41, 5.74) is 2.55. The molecule has 1 fully saturated rings. The number of ether oxygens (including phenoxy) is 1. The average Bonchev–Trinajstić information content (AvgIpc) is 2.55. The first-order valence-electron chi connectivity index (χ1n) is 9.14. The molecule has 0 aromatic heterocycles. The number of aryl methyl sites for hydroxylation is 2. The summed E-state index contributed by atoms with van der Waals surface area (Å²) < 4.78 is 41.7. The maximum atomic E-state index is 12.4. The number of hydrogen-bond donors (Lipinski definition) is 1. The minimum Gasteiger partial charge on any atom is -0.484 e. The first-order chi connectivity index (χ1) is 12.1. The zero-order valence-electron chi connectivity index (χ0n) is 15.8. The van der Waals surface area contributed by atoms with Crippen LogP contribution in [0.1, 0.15) is 55.7 Å². The van der Waals surface area contributed by atoms with Gasteiger partial charge in [0.1, 0.15) is 5.75 Å². The Labute approximate surface area is 153 Å². The van der Waals surface area contributed by atoms with E-state index in [1.807, 2.05) is 0 Å². The number of nitrogens with one attached hydrogen (secondary N) is 1. The maximum Gasteiger partial charge on any atom is 0.422 e. The summed E-state index contributed by atoms with van der Waals surface area (Å²) in [5.74, 6) is 0.128. The first kappa shape index (κ1) is 20.6. The van der Waals surface area contributed by atoms with Crippen molar-refractivity contribution in [2.24, 2.45) is 5.41 Å². The van der Waals surface area contributed by atoms with Crippen molar-refractivity contribution in [3.63, 3.8) is 0 Å². The molecule has 3 nitrogen and oxygen atoms in total. The van der Waals surface area contributed by atoms with Crippen molar-refractivity contribution in [2.45, 2.75) is 65.5 Å². The number of rotatable bonds is 6. The second-order valence-corrected chi connectivity index (χ2v) is 7.76. The summed E-state index contributed by atoms with van der Waals surface area (Å²) in [7, 11) is 0. The third-order valence-electron chi connectivity index (χ3n) is 5.18. The highest BCUT2D eigenvalue weighted by Crippen LogP contribution is 2.35. The predicted molar refractivity (Wildman–Crippen MR) is 95.4 cm³/mol. The number of hydrogen-bond acceptors (Lipinski definition) is 2. The molecule has 1 aromatic carbocycles. The normalized spacial score (nSPS) is 17.0. The minimum atomic E-state index is -4.37. The van der Waals surface area contributed by atoms with Gasteiger partial charge in [-0.3, -0.25) is 4.79 Å². The average molecular weight is 371 g/mol. The molecule has 1 amide bonds. The van der Waals surface area contributed by atoms with Crippen molar-refractivity contribution < 1.29 is 22.7 Å². The van der Waals surface area contributed by atoms with Gasteiger partial charge in [-0.2, -0.15) is 13.2 Å². The third-order valence-corrected chi connectivity index (χ3v) is 5.18. The lowest BCUT2D eigenvalue weighted by molar-refractivity contribution is -0.153. The summed E-state index contributed by atoms with van der Waals surface area (Å²) in [6.07, 6.45) is 1.83. The maximum absolute atomic E-state index is 12.4. The standard InChI is InChI=1S/C20H28F3NO2/c1-14-9-16(26-13-20(21,22)23)10-15(2)17(14)11-18(25)24-12-19(3)7-5-4-6-8-19/h9-10H,4-8,11-13H2,1-3H3,(H,24,25). The van der Waals surface area contributed by atoms with Gasteiger partial charge in [0.15, 0.2) is 6.61 Å². The van der Waals surface area contributed by atoms with Crippen molar-refractivity contribution in [2.75, 3.05) is 13.2 Å². The minimum absolute atomic E-state index is 0.0491. The zero-order chi connectivity index (χ0) is 19.4. The molecule has 6 heteroatoms. The van der Waals surface area contributed by atoms with E-state index < -0.39 is 12.8 Å². The number of amides is 1. The van der Waals surface area contributed by atoms with Crippen molar-refractivity contribution >= 4 is 5.91 Å². The van der Waals surface area contributed by atoms with Crippen LogP contribution in [-0.2, 0) is 11.2 Å². The topological polar surface area (TPSA) is 38.3 Å². The van der Waals surface area contributed by atoms with Gasteiger partial charge in [0.25, 0.3) is 0 Å². The van der Waals surface area contributed by atoms with Crippen LogP contribution in [0.3, 0.4) is 0 Å². The molecule has 2 rings (SSSR count). The van der Waals surface area contributed by atoms with Crippen LogP contribution in [-0.4, -0.2) is 25.2 Å². The fraction of sp³-hybridized carbons (Fsp3) is 0.650. The summed E-state index contributed by atoms with van der Waals surface area (Å²) in [4.78, 5) is 12.4. The summed E-state index contributed by atoms with van der Waals surface area (Å²) in [5, 5.41) is 3.04. The Morgan fingerprint density at radius 1 is 1.15 bits per heavy atom. The van der Waals surface area contributed by atoms with Gasteiger partial charge in [0.05, 0.1) is 6.42 Å². The molecule has 0 atom stereocenters. The largest absolute Gasteiger partial charge is 0.484 e. The van der Waals surface area contributed by atoms with Crippen LogP contribution in [0.2, 0.25) is 0 Å². The Morgan fingerprint density at radius 2 is 1.73 bits per heavy atom. The molecule has 146 valence electrons. The predicted octanol–water partition coefficient (Wildman–Crippen LogP) is 4.87. The molecule has 1 aromatic rings. The molecule has 1 aliphatic rings. The highest BCUT2D eigenvalue weighted by atomic mass is 19.4. The van der Waals surface area contributed by atoms with E-state index in [1.165, 1.54) is 19.3 Å². The number of carbonyl (C=O) groups is 1. The number of alkyl halides is 3. The summed E-state index contributed by atoms with van der Waals surface area (Å²) in [6.45, 7) is 5.16. The van der Waals surface area contributed by atoms with Gasteiger partial charge < -0.3 is 10.1 Å². The molecule has 1 N–H and O–H groups in total. The fourth-order valence-electron chi connectivity index (χ4n) is 3.60. The second kappa shape index (κ2) is 8.31. The van der Waals surface area contributed by atoms with Crippen LogP contribution in [0.25, 0.3) is 0 Å². The SMILES string of the molecule is Cc1cc(OCC(F)(F)F)cc(C)c1CC(=O)NCC1(C)CCCCC1. The van der Waals surface area contributed by atoms with Crippen molar-refractivity contribution in [1.82, 2.24) is 5.32 Å². The van der Waals surface area contributed by atoms with E-state index in [-0.39, 0.29) is 23.5 Å². The number of carbonyl (C=O) groups excluding carboxylic acids is 1. The monoisotopic (exact) mass is 371 g/mol. The molecule has 0 unspecified atom stereocenters. The molecule has 26 heavy (non-hydrogen) atoms. The van der Waals surface area contributed by atoms with Crippen LogP contribution >= 0.6 is 0 Å². The molecule has 0 aliphatic heterocycles. The Kier molecular flexibility index (Phi) is 6.58. The van der Waals surface area contributed by atoms with E-state index in [1.54, 1.807) is 26.0 Å². The Bertz CT molecular complexity index is 611. The lowest BCUT2D eigenvalue weighted by Crippen LogP contribution is -2.37. The van der Waals surface area contributed by atoms with Crippen molar-refractivity contribution in [1.29, 1.82) is 0 Å². The van der Waals surface area contributed by atoms with Crippen LogP contribution < -0.4 is 10.1 Å². The fourth-order valence-corrected chi connectivity index (χ4v) is 3.60. The molecule has 0 saturated heterocycles. The molecule has 1 saturated carbocycles. The van der Waals surface area contributed by atoms with Gasteiger partial charge in [0.2, 0.25) is 5.91 Å². The lowest BCUT2D eigenvalue weighted by Gasteiger charge is -2.33. The van der Waals surface area contributed by atoms with E-state index in [4.69, 9.17) is 4.74 Å². The molecule has 1 aliphatic carbocycles. The molecular weight excluding hydrogens is 343 g/mol. The van der Waals surface area contributed by atoms with Gasteiger partial charge in [-0.1, -0.05) is 26.2 Å². The van der Waals surface area contributed by atoms with Gasteiger partial charge in [-0.05, 0) is 60.9 Å². The van der Waals surface area contributed by atoms with E-state index in [9.17, 15) is 18.0 Å². The highest BCUT2D eigenvalue weighted by Gasteiger charge is 2.29. The van der Waals surface area contributed by atoms with Gasteiger partial charge in [-0.25, -0.2) is 0 Å². The van der Waals surface area contributed by atoms with Crippen LogP contribution in [0.15, 0.2) is 12.1 Å². The molecule has 0 spiro atoms. The first-order valence-corrected chi connectivity index (χ1v) is 9.14. The van der Waals surface area contributed by atoms with Gasteiger partial charge in [-0.15, -0.1) is 0 Å².